The van der Waals surface area contributed by atoms with Crippen LogP contribution in [0.3, 0.4) is 0 Å². The van der Waals surface area contributed by atoms with E-state index in [1.54, 1.807) is 0 Å². The molecular formula is C17H33N9. The van der Waals surface area contributed by atoms with Crippen LogP contribution < -0.4 is 31.1 Å². The first-order valence-electron chi connectivity index (χ1n) is 9.94. The zero-order chi connectivity index (χ0) is 18.2. The number of nitrogens with zero attached hydrogens (tertiary/aromatic N) is 6. The van der Waals surface area contributed by atoms with Crippen LogP contribution in [0, 0.1) is 0 Å². The van der Waals surface area contributed by atoms with Crippen molar-refractivity contribution in [2.24, 2.45) is 5.73 Å². The van der Waals surface area contributed by atoms with Gasteiger partial charge in [-0.1, -0.05) is 13.3 Å². The zero-order valence-corrected chi connectivity index (χ0v) is 16.0. The summed E-state index contributed by atoms with van der Waals surface area (Å²) in [5.74, 6) is 2.35. The molecule has 26 heavy (non-hydrogen) atoms. The first kappa shape index (κ1) is 19.1. The molecule has 146 valence electrons. The molecule has 2 saturated heterocycles. The highest BCUT2D eigenvalue weighted by molar-refractivity contribution is 5.47. The third-order valence-corrected chi connectivity index (χ3v) is 4.86. The molecule has 0 atom stereocenters. The van der Waals surface area contributed by atoms with Crippen molar-refractivity contribution in [2.45, 2.75) is 19.8 Å². The molecule has 3 heterocycles. The monoisotopic (exact) mass is 363 g/mol. The van der Waals surface area contributed by atoms with Crippen molar-refractivity contribution >= 4 is 17.8 Å². The van der Waals surface area contributed by atoms with Crippen molar-refractivity contribution in [3.8, 4) is 0 Å². The summed E-state index contributed by atoms with van der Waals surface area (Å²) in [7, 11) is 0. The first-order valence-corrected chi connectivity index (χ1v) is 9.94. The lowest BCUT2D eigenvalue weighted by molar-refractivity contribution is 0.566. The number of unbranched alkanes of at least 4 members (excludes halogenated alkanes) is 1. The van der Waals surface area contributed by atoms with Crippen LogP contribution in [0.2, 0.25) is 0 Å². The van der Waals surface area contributed by atoms with Gasteiger partial charge in [0.15, 0.2) is 0 Å². The second-order valence-electron chi connectivity index (χ2n) is 6.84. The molecule has 0 amide bonds. The van der Waals surface area contributed by atoms with Gasteiger partial charge < -0.3 is 31.1 Å². The number of nitrogens with two attached hydrogens (primary N) is 1. The van der Waals surface area contributed by atoms with Gasteiger partial charge in [0.1, 0.15) is 0 Å². The van der Waals surface area contributed by atoms with Crippen LogP contribution in [0.1, 0.15) is 19.8 Å². The predicted octanol–water partition coefficient (Wildman–Crippen LogP) is -0.744. The van der Waals surface area contributed by atoms with Gasteiger partial charge in [0.25, 0.3) is 0 Å². The highest BCUT2D eigenvalue weighted by Crippen LogP contribution is 2.20. The predicted molar refractivity (Wildman–Crippen MR) is 106 cm³/mol. The van der Waals surface area contributed by atoms with Crippen LogP contribution in [-0.2, 0) is 0 Å². The van der Waals surface area contributed by atoms with Crippen LogP contribution >= 0.6 is 0 Å². The van der Waals surface area contributed by atoms with Crippen molar-refractivity contribution in [1.82, 2.24) is 25.6 Å². The molecule has 0 unspecified atom stereocenters. The van der Waals surface area contributed by atoms with Gasteiger partial charge in [-0.25, -0.2) is 0 Å². The molecule has 1 aromatic heterocycles. The van der Waals surface area contributed by atoms with Crippen molar-refractivity contribution in [3.05, 3.63) is 0 Å². The minimum atomic E-state index is 0.599. The number of hydrogen-bond donors (Lipinski definition) is 3. The van der Waals surface area contributed by atoms with Crippen LogP contribution in [0.4, 0.5) is 17.8 Å². The Morgan fingerprint density at radius 1 is 0.885 bits per heavy atom. The lowest BCUT2D eigenvalue weighted by Crippen LogP contribution is -2.46. The average Bonchev–Trinajstić information content (AvgIpc) is 2.72. The Kier molecular flexibility index (Phi) is 7.22. The van der Waals surface area contributed by atoms with E-state index in [0.717, 1.165) is 96.1 Å². The summed E-state index contributed by atoms with van der Waals surface area (Å²) in [6.45, 7) is 12.1. The third-order valence-electron chi connectivity index (χ3n) is 4.86. The topological polar surface area (TPSA) is 98.5 Å². The van der Waals surface area contributed by atoms with E-state index < -0.39 is 0 Å². The number of aromatic nitrogens is 3. The smallest absolute Gasteiger partial charge is 0.232 e. The molecule has 0 spiro atoms. The van der Waals surface area contributed by atoms with Gasteiger partial charge >= 0.3 is 0 Å². The fourth-order valence-corrected chi connectivity index (χ4v) is 3.31. The minimum absolute atomic E-state index is 0.599. The van der Waals surface area contributed by atoms with E-state index in [1.807, 2.05) is 0 Å². The van der Waals surface area contributed by atoms with Crippen molar-refractivity contribution in [1.29, 1.82) is 0 Å². The van der Waals surface area contributed by atoms with Crippen molar-refractivity contribution in [3.63, 3.8) is 0 Å². The highest BCUT2D eigenvalue weighted by Gasteiger charge is 2.21. The van der Waals surface area contributed by atoms with Crippen molar-refractivity contribution in [2.75, 3.05) is 86.7 Å². The van der Waals surface area contributed by atoms with E-state index in [-0.39, 0.29) is 0 Å². The molecule has 0 saturated carbocycles. The number of anilines is 3. The molecule has 3 rings (SSSR count). The van der Waals surface area contributed by atoms with Crippen LogP contribution in [-0.4, -0.2) is 86.9 Å². The van der Waals surface area contributed by atoms with Crippen LogP contribution in [0.5, 0.6) is 0 Å². The average molecular weight is 364 g/mol. The molecule has 0 bridgehead atoms. The maximum Gasteiger partial charge on any atom is 0.232 e. The normalized spacial score (nSPS) is 18.2. The number of nitrogens with one attached hydrogen (secondary N) is 2. The fourth-order valence-electron chi connectivity index (χ4n) is 3.31. The van der Waals surface area contributed by atoms with Gasteiger partial charge in [0.2, 0.25) is 17.8 Å². The minimum Gasteiger partial charge on any atom is -0.339 e. The van der Waals surface area contributed by atoms with Gasteiger partial charge in [-0.2, -0.15) is 15.0 Å². The van der Waals surface area contributed by atoms with E-state index in [2.05, 4.69) is 32.3 Å². The Labute approximate surface area is 156 Å². The summed E-state index contributed by atoms with van der Waals surface area (Å²) in [6.07, 6.45) is 2.25. The maximum atomic E-state index is 5.85. The van der Waals surface area contributed by atoms with E-state index in [0.29, 0.717) is 6.54 Å². The van der Waals surface area contributed by atoms with E-state index >= 15 is 0 Å². The maximum absolute atomic E-state index is 5.85. The Morgan fingerprint density at radius 3 is 1.88 bits per heavy atom. The molecule has 2 aliphatic rings. The van der Waals surface area contributed by atoms with Crippen LogP contribution in [0.15, 0.2) is 0 Å². The quantitative estimate of drug-likeness (QED) is 0.551. The third kappa shape index (κ3) is 4.93. The second kappa shape index (κ2) is 9.84. The summed E-state index contributed by atoms with van der Waals surface area (Å²) < 4.78 is 0. The fraction of sp³-hybridized carbons (Fsp3) is 0.824. The standard InChI is InChI=1S/C17H33N9/c1-2-3-9-24(10-4-18)15-21-16(25-11-5-19-6-12-25)23-17(22-15)26-13-7-20-8-14-26/h19-20H,2-14,18H2,1H3. The summed E-state index contributed by atoms with van der Waals surface area (Å²) in [5, 5.41) is 6.78. The summed E-state index contributed by atoms with van der Waals surface area (Å²) in [6, 6.07) is 0. The summed E-state index contributed by atoms with van der Waals surface area (Å²) in [5.41, 5.74) is 5.85. The molecule has 2 aliphatic heterocycles. The summed E-state index contributed by atoms with van der Waals surface area (Å²) >= 11 is 0. The lowest BCUT2D eigenvalue weighted by Gasteiger charge is -2.32. The van der Waals surface area contributed by atoms with Gasteiger partial charge in [0.05, 0.1) is 0 Å². The van der Waals surface area contributed by atoms with Crippen LogP contribution in [0.25, 0.3) is 0 Å². The molecule has 0 radical (unpaired) electrons. The highest BCUT2D eigenvalue weighted by atomic mass is 15.4. The molecule has 4 N–H and O–H groups in total. The molecule has 0 aliphatic carbocycles. The Hall–Kier alpha value is -1.71. The van der Waals surface area contributed by atoms with Gasteiger partial charge in [-0.3, -0.25) is 0 Å². The molecule has 1 aromatic rings. The van der Waals surface area contributed by atoms with E-state index in [9.17, 15) is 0 Å². The van der Waals surface area contributed by atoms with Gasteiger partial charge in [0, 0.05) is 72.0 Å². The van der Waals surface area contributed by atoms with Crippen molar-refractivity contribution < 1.29 is 0 Å². The lowest BCUT2D eigenvalue weighted by atomic mass is 10.3. The molecule has 0 aromatic carbocycles. The van der Waals surface area contributed by atoms with Gasteiger partial charge in [-0.05, 0) is 6.42 Å². The Bertz CT molecular complexity index is 505. The summed E-state index contributed by atoms with van der Waals surface area (Å²) in [4.78, 5) is 21.2. The first-order chi connectivity index (χ1) is 12.8. The number of piperazine rings is 2. The number of hydrogen-bond acceptors (Lipinski definition) is 9. The Morgan fingerprint density at radius 2 is 1.42 bits per heavy atom. The zero-order valence-electron chi connectivity index (χ0n) is 16.0. The molecule has 9 heteroatoms. The van der Waals surface area contributed by atoms with E-state index in [4.69, 9.17) is 20.7 Å². The molecular weight excluding hydrogens is 330 g/mol. The van der Waals surface area contributed by atoms with E-state index in [1.165, 1.54) is 0 Å². The number of rotatable bonds is 8. The van der Waals surface area contributed by atoms with Gasteiger partial charge in [-0.15, -0.1) is 0 Å². The SMILES string of the molecule is CCCCN(CCN)c1nc(N2CCNCC2)nc(N2CCNCC2)n1. The largest absolute Gasteiger partial charge is 0.339 e. The molecule has 9 nitrogen and oxygen atoms in total. The second-order valence-corrected chi connectivity index (χ2v) is 6.84. The molecule has 2 fully saturated rings. The Balaban J connectivity index is 1.89.